The predicted octanol–water partition coefficient (Wildman–Crippen LogP) is 3.15. The van der Waals surface area contributed by atoms with E-state index < -0.39 is 16.0 Å². The molecule has 0 fully saturated rings. The second-order valence-electron chi connectivity index (χ2n) is 4.39. The lowest BCUT2D eigenvalue weighted by Gasteiger charge is -2.12. The minimum atomic E-state index is -3.96. The minimum absolute atomic E-state index is 0.00646. The summed E-state index contributed by atoms with van der Waals surface area (Å²) in [6.45, 7) is 1.72. The van der Waals surface area contributed by atoms with Gasteiger partial charge in [0.05, 0.1) is 16.3 Å². The molecule has 21 heavy (non-hydrogen) atoms. The van der Waals surface area contributed by atoms with E-state index in [0.717, 1.165) is 0 Å². The molecule has 110 valence electrons. The van der Waals surface area contributed by atoms with Gasteiger partial charge >= 0.3 is 5.97 Å². The number of anilines is 1. The van der Waals surface area contributed by atoms with Crippen LogP contribution >= 0.6 is 11.6 Å². The molecule has 2 N–H and O–H groups in total. The van der Waals surface area contributed by atoms with Crippen LogP contribution in [0.5, 0.6) is 0 Å². The summed E-state index contributed by atoms with van der Waals surface area (Å²) in [5, 5.41) is 9.22. The first-order valence-corrected chi connectivity index (χ1v) is 7.78. The van der Waals surface area contributed by atoms with Crippen molar-refractivity contribution in [2.75, 3.05) is 4.72 Å². The van der Waals surface area contributed by atoms with Gasteiger partial charge in [0.25, 0.3) is 10.0 Å². The first-order chi connectivity index (χ1) is 9.81. The van der Waals surface area contributed by atoms with Gasteiger partial charge in [-0.05, 0) is 31.2 Å². The lowest BCUT2D eigenvalue weighted by atomic mass is 10.1. The standard InChI is InChI=1S/C14H12ClNO4S/c1-9-6-7-12(10(8-9)14(17)18)16-21(19,20)13-5-3-2-4-11(13)15/h2-8,16H,1H3,(H,17,18). The number of halogens is 1. The molecular formula is C14H12ClNO4S. The van der Waals surface area contributed by atoms with Crippen molar-refractivity contribution in [2.45, 2.75) is 11.8 Å². The van der Waals surface area contributed by atoms with Crippen molar-refractivity contribution in [1.82, 2.24) is 0 Å². The van der Waals surface area contributed by atoms with Crippen LogP contribution in [0.25, 0.3) is 0 Å². The van der Waals surface area contributed by atoms with Crippen LogP contribution in [0.3, 0.4) is 0 Å². The SMILES string of the molecule is Cc1ccc(NS(=O)(=O)c2ccccc2Cl)c(C(=O)O)c1. The largest absolute Gasteiger partial charge is 0.478 e. The highest BCUT2D eigenvalue weighted by Gasteiger charge is 2.20. The van der Waals surface area contributed by atoms with Gasteiger partial charge < -0.3 is 5.11 Å². The van der Waals surface area contributed by atoms with Crippen molar-refractivity contribution in [2.24, 2.45) is 0 Å². The molecule has 0 aromatic heterocycles. The number of nitrogens with one attached hydrogen (secondary N) is 1. The maximum atomic E-state index is 12.3. The number of rotatable bonds is 4. The van der Waals surface area contributed by atoms with Crippen molar-refractivity contribution < 1.29 is 18.3 Å². The molecule has 0 spiro atoms. The van der Waals surface area contributed by atoms with Crippen LogP contribution in [0.2, 0.25) is 5.02 Å². The molecule has 0 heterocycles. The maximum absolute atomic E-state index is 12.3. The van der Waals surface area contributed by atoms with E-state index in [0.29, 0.717) is 5.56 Å². The fraction of sp³-hybridized carbons (Fsp3) is 0.0714. The van der Waals surface area contributed by atoms with Gasteiger partial charge in [-0.25, -0.2) is 13.2 Å². The molecule has 2 aromatic rings. The Morgan fingerprint density at radius 1 is 1.19 bits per heavy atom. The molecule has 0 unspecified atom stereocenters. The summed E-state index contributed by atoms with van der Waals surface area (Å²) in [5.41, 5.74) is 0.590. The zero-order valence-corrected chi connectivity index (χ0v) is 12.6. The number of sulfonamides is 1. The lowest BCUT2D eigenvalue weighted by molar-refractivity contribution is 0.0698. The Kier molecular flexibility index (Phi) is 4.20. The van der Waals surface area contributed by atoms with E-state index in [1.165, 1.54) is 30.3 Å². The molecule has 2 aromatic carbocycles. The molecule has 0 aliphatic rings. The third kappa shape index (κ3) is 3.34. The zero-order valence-electron chi connectivity index (χ0n) is 11.0. The van der Waals surface area contributed by atoms with E-state index in [1.54, 1.807) is 19.1 Å². The molecule has 2 rings (SSSR count). The highest BCUT2D eigenvalue weighted by atomic mass is 35.5. The highest BCUT2D eigenvalue weighted by molar-refractivity contribution is 7.92. The van der Waals surface area contributed by atoms with Crippen molar-refractivity contribution in [3.63, 3.8) is 0 Å². The van der Waals surface area contributed by atoms with Crippen molar-refractivity contribution in [3.05, 3.63) is 58.6 Å². The Labute approximate surface area is 127 Å². The molecule has 0 aliphatic carbocycles. The normalized spacial score (nSPS) is 11.1. The third-order valence-electron chi connectivity index (χ3n) is 2.78. The quantitative estimate of drug-likeness (QED) is 0.904. The van der Waals surface area contributed by atoms with Gasteiger partial charge in [-0.1, -0.05) is 35.4 Å². The number of aryl methyl sites for hydroxylation is 1. The second-order valence-corrected chi connectivity index (χ2v) is 6.45. The zero-order chi connectivity index (χ0) is 15.6. The number of carboxylic acids is 1. The van der Waals surface area contributed by atoms with E-state index >= 15 is 0 Å². The number of hydrogen-bond acceptors (Lipinski definition) is 3. The number of benzene rings is 2. The molecule has 0 saturated carbocycles. The van der Waals surface area contributed by atoms with E-state index in [9.17, 15) is 13.2 Å². The third-order valence-corrected chi connectivity index (χ3v) is 4.64. The van der Waals surface area contributed by atoms with Gasteiger partial charge in [-0.3, -0.25) is 4.72 Å². The second kappa shape index (κ2) is 5.75. The summed E-state index contributed by atoms with van der Waals surface area (Å²) in [6.07, 6.45) is 0. The Morgan fingerprint density at radius 3 is 2.48 bits per heavy atom. The summed E-state index contributed by atoms with van der Waals surface area (Å²) < 4.78 is 26.8. The number of hydrogen-bond donors (Lipinski definition) is 2. The van der Waals surface area contributed by atoms with Crippen LogP contribution < -0.4 is 4.72 Å². The maximum Gasteiger partial charge on any atom is 0.337 e. The van der Waals surface area contributed by atoms with Crippen molar-refractivity contribution in [1.29, 1.82) is 0 Å². The fourth-order valence-corrected chi connectivity index (χ4v) is 3.39. The van der Waals surface area contributed by atoms with E-state index in [2.05, 4.69) is 4.72 Å². The van der Waals surface area contributed by atoms with Gasteiger partial charge in [0, 0.05) is 0 Å². The molecule has 0 bridgehead atoms. The van der Waals surface area contributed by atoms with Gasteiger partial charge in [0.15, 0.2) is 0 Å². The number of carboxylic acid groups (broad SMARTS) is 1. The summed E-state index contributed by atoms with van der Waals surface area (Å²) in [7, 11) is -3.96. The molecule has 0 atom stereocenters. The average molecular weight is 326 g/mol. The highest BCUT2D eigenvalue weighted by Crippen LogP contribution is 2.25. The van der Waals surface area contributed by atoms with E-state index in [-0.39, 0.29) is 21.2 Å². The number of carbonyl (C=O) groups is 1. The van der Waals surface area contributed by atoms with Crippen LogP contribution in [-0.4, -0.2) is 19.5 Å². The summed E-state index contributed by atoms with van der Waals surface area (Å²) in [4.78, 5) is 11.1. The Hall–Kier alpha value is -2.05. The average Bonchev–Trinajstić information content (AvgIpc) is 2.40. The van der Waals surface area contributed by atoms with E-state index in [4.69, 9.17) is 16.7 Å². The summed E-state index contributed by atoms with van der Waals surface area (Å²) in [5.74, 6) is -1.21. The first kappa shape index (κ1) is 15.3. The van der Waals surface area contributed by atoms with Crippen LogP contribution in [0.1, 0.15) is 15.9 Å². The fourth-order valence-electron chi connectivity index (χ4n) is 1.79. The Morgan fingerprint density at radius 2 is 1.86 bits per heavy atom. The summed E-state index contributed by atoms with van der Waals surface area (Å²) >= 11 is 5.87. The van der Waals surface area contributed by atoms with Crippen LogP contribution in [-0.2, 0) is 10.0 Å². The molecule has 0 amide bonds. The lowest BCUT2D eigenvalue weighted by Crippen LogP contribution is -2.16. The van der Waals surface area contributed by atoms with Gasteiger partial charge in [0.1, 0.15) is 4.90 Å². The van der Waals surface area contributed by atoms with Crippen LogP contribution in [0.15, 0.2) is 47.4 Å². The van der Waals surface area contributed by atoms with Crippen molar-refractivity contribution in [3.8, 4) is 0 Å². The smallest absolute Gasteiger partial charge is 0.337 e. The van der Waals surface area contributed by atoms with Gasteiger partial charge in [0.2, 0.25) is 0 Å². The van der Waals surface area contributed by atoms with Crippen LogP contribution in [0, 0.1) is 6.92 Å². The van der Waals surface area contributed by atoms with Crippen LogP contribution in [0.4, 0.5) is 5.69 Å². The van der Waals surface area contributed by atoms with Crippen molar-refractivity contribution >= 4 is 33.3 Å². The number of aromatic carboxylic acids is 1. The first-order valence-electron chi connectivity index (χ1n) is 5.92. The molecule has 5 nitrogen and oxygen atoms in total. The Balaban J connectivity index is 2.47. The topological polar surface area (TPSA) is 83.5 Å². The molecule has 0 aliphatic heterocycles. The summed E-state index contributed by atoms with van der Waals surface area (Å²) in [6, 6.07) is 10.4. The molecule has 0 radical (unpaired) electrons. The molecular weight excluding hydrogens is 314 g/mol. The monoisotopic (exact) mass is 325 g/mol. The van der Waals surface area contributed by atoms with Gasteiger partial charge in [-0.2, -0.15) is 0 Å². The molecule has 7 heteroatoms. The molecule has 0 saturated heterocycles. The predicted molar refractivity (Wildman–Crippen MR) is 80.4 cm³/mol. The minimum Gasteiger partial charge on any atom is -0.478 e. The van der Waals surface area contributed by atoms with E-state index in [1.807, 2.05) is 0 Å². The van der Waals surface area contributed by atoms with Gasteiger partial charge in [-0.15, -0.1) is 0 Å². The Bertz CT molecular complexity index is 802.